The summed E-state index contributed by atoms with van der Waals surface area (Å²) in [6, 6.07) is 19.0. The average molecular weight is 537 g/mol. The van der Waals surface area contributed by atoms with Crippen LogP contribution in [0.15, 0.2) is 89.9 Å². The highest BCUT2D eigenvalue weighted by Crippen LogP contribution is 2.44. The van der Waals surface area contributed by atoms with Crippen LogP contribution in [-0.4, -0.2) is 16.9 Å². The number of carbonyl (C=O) groups is 1. The molecule has 0 radical (unpaired) electrons. The molecule has 0 aromatic heterocycles. The lowest BCUT2D eigenvalue weighted by Gasteiger charge is -2.38. The maximum absolute atomic E-state index is 15.1. The lowest BCUT2D eigenvalue weighted by Crippen LogP contribution is -2.39. The van der Waals surface area contributed by atoms with E-state index in [0.717, 1.165) is 23.3 Å². The minimum absolute atomic E-state index is 0.0602. The zero-order valence-corrected chi connectivity index (χ0v) is 20.5. The van der Waals surface area contributed by atoms with Crippen molar-refractivity contribution in [2.75, 3.05) is 4.90 Å². The smallest absolute Gasteiger partial charge is 0.416 e. The summed E-state index contributed by atoms with van der Waals surface area (Å²) in [4.78, 5) is 17.9. The maximum atomic E-state index is 15.1. The van der Waals surface area contributed by atoms with Gasteiger partial charge in [0.2, 0.25) is 0 Å². The summed E-state index contributed by atoms with van der Waals surface area (Å²) in [6.45, 7) is 1.64. The topological polar surface area (TPSA) is 52.9 Å². The van der Waals surface area contributed by atoms with E-state index in [2.05, 4.69) is 4.99 Å². The van der Waals surface area contributed by atoms with Gasteiger partial charge >= 0.3 is 12.1 Å². The van der Waals surface area contributed by atoms with Crippen LogP contribution in [0.3, 0.4) is 0 Å². The Morgan fingerprint density at radius 1 is 0.897 bits per heavy atom. The van der Waals surface area contributed by atoms with Crippen molar-refractivity contribution in [1.29, 1.82) is 0 Å². The molecular formula is C30H21F5N2O2. The maximum Gasteiger partial charge on any atom is 0.416 e. The van der Waals surface area contributed by atoms with Crippen LogP contribution in [0.2, 0.25) is 0 Å². The SMILES string of the molecule is Cc1cc(F)c2c(c1)C(CC(=O)O)N(c1cccc(C(F)(F)F)c1)C(c1ccc(-c3ccc(F)cc3)cc1)=N2. The normalized spacial score (nSPS) is 15.1. The lowest BCUT2D eigenvalue weighted by atomic mass is 9.93. The van der Waals surface area contributed by atoms with Gasteiger partial charge in [-0.2, -0.15) is 13.2 Å². The Bertz CT molecular complexity index is 1580. The van der Waals surface area contributed by atoms with Crippen molar-refractivity contribution in [3.8, 4) is 11.1 Å². The van der Waals surface area contributed by atoms with Crippen LogP contribution < -0.4 is 4.90 Å². The van der Waals surface area contributed by atoms with Crippen molar-refractivity contribution < 1.29 is 31.9 Å². The molecule has 5 rings (SSSR count). The molecule has 0 spiro atoms. The van der Waals surface area contributed by atoms with Gasteiger partial charge in [-0.15, -0.1) is 0 Å². The van der Waals surface area contributed by atoms with Gasteiger partial charge < -0.3 is 10.0 Å². The first kappa shape index (κ1) is 26.1. The van der Waals surface area contributed by atoms with E-state index in [1.807, 2.05) is 0 Å². The monoisotopic (exact) mass is 536 g/mol. The van der Waals surface area contributed by atoms with Crippen LogP contribution in [0, 0.1) is 18.6 Å². The fraction of sp³-hybridized carbons (Fsp3) is 0.133. The van der Waals surface area contributed by atoms with Gasteiger partial charge in [-0.25, -0.2) is 13.8 Å². The second-order valence-corrected chi connectivity index (χ2v) is 9.24. The summed E-state index contributed by atoms with van der Waals surface area (Å²) in [5, 5.41) is 9.75. The number of carboxylic acid groups (broad SMARTS) is 1. The van der Waals surface area contributed by atoms with E-state index in [9.17, 15) is 27.5 Å². The number of benzene rings is 4. The molecule has 0 saturated carbocycles. The van der Waals surface area contributed by atoms with Crippen LogP contribution in [-0.2, 0) is 11.0 Å². The zero-order valence-electron chi connectivity index (χ0n) is 20.5. The molecule has 0 fully saturated rings. The molecule has 1 aliphatic heterocycles. The van der Waals surface area contributed by atoms with Crippen molar-refractivity contribution in [2.24, 2.45) is 4.99 Å². The molecule has 1 N–H and O–H groups in total. The number of halogens is 5. The van der Waals surface area contributed by atoms with Gasteiger partial charge in [0.1, 0.15) is 23.2 Å². The number of rotatable bonds is 5. The molecule has 4 aromatic rings. The fourth-order valence-corrected chi connectivity index (χ4v) is 4.74. The quantitative estimate of drug-likeness (QED) is 0.263. The number of amidine groups is 1. The van der Waals surface area contributed by atoms with E-state index in [-0.39, 0.29) is 28.6 Å². The molecule has 1 aliphatic rings. The number of fused-ring (bicyclic) bond motifs is 1. The number of carboxylic acids is 1. The van der Waals surface area contributed by atoms with Crippen LogP contribution in [0.25, 0.3) is 11.1 Å². The Hall–Kier alpha value is -4.53. The highest BCUT2D eigenvalue weighted by molar-refractivity contribution is 6.13. The summed E-state index contributed by atoms with van der Waals surface area (Å²) in [7, 11) is 0. The molecule has 0 aliphatic carbocycles. The highest BCUT2D eigenvalue weighted by Gasteiger charge is 2.37. The van der Waals surface area contributed by atoms with Crippen LogP contribution >= 0.6 is 0 Å². The molecule has 9 heteroatoms. The second-order valence-electron chi connectivity index (χ2n) is 9.24. The standard InChI is InChI=1S/C30H21F5N2O2/c1-17-13-24-26(16-27(38)39)37(23-4-2-3-21(15-23)30(33,34)35)29(36-28(24)25(32)14-17)20-7-5-18(6-8-20)19-9-11-22(31)12-10-19/h2-15,26H,16H2,1H3,(H,38,39). The fourth-order valence-electron chi connectivity index (χ4n) is 4.74. The summed E-state index contributed by atoms with van der Waals surface area (Å²) in [5.41, 5.74) is 1.77. The number of anilines is 1. The van der Waals surface area contributed by atoms with Gasteiger partial charge in [0.05, 0.1) is 18.0 Å². The Morgan fingerprint density at radius 2 is 1.51 bits per heavy atom. The number of hydrogen-bond acceptors (Lipinski definition) is 3. The average Bonchev–Trinajstić information content (AvgIpc) is 2.89. The number of alkyl halides is 3. The molecule has 4 nitrogen and oxygen atoms in total. The minimum atomic E-state index is -4.64. The number of aliphatic imine (C=N–C) groups is 1. The largest absolute Gasteiger partial charge is 0.481 e. The first-order valence-electron chi connectivity index (χ1n) is 11.9. The number of aryl methyl sites for hydroxylation is 1. The van der Waals surface area contributed by atoms with E-state index in [4.69, 9.17) is 0 Å². The van der Waals surface area contributed by atoms with Crippen LogP contribution in [0.4, 0.5) is 33.3 Å². The van der Waals surface area contributed by atoms with E-state index in [1.54, 1.807) is 49.4 Å². The minimum Gasteiger partial charge on any atom is -0.481 e. The molecule has 198 valence electrons. The molecule has 4 aromatic carbocycles. The van der Waals surface area contributed by atoms with E-state index >= 15 is 4.39 Å². The predicted molar refractivity (Wildman–Crippen MR) is 138 cm³/mol. The molecule has 1 atom stereocenters. The van der Waals surface area contributed by atoms with Gasteiger partial charge in [-0.1, -0.05) is 48.5 Å². The number of aliphatic carboxylic acids is 1. The Kier molecular flexibility index (Phi) is 6.68. The molecule has 1 heterocycles. The van der Waals surface area contributed by atoms with Crippen LogP contribution in [0.1, 0.15) is 34.7 Å². The van der Waals surface area contributed by atoms with Gasteiger partial charge in [0.15, 0.2) is 0 Å². The Labute approximate surface area is 220 Å². The van der Waals surface area contributed by atoms with Crippen molar-refractivity contribution in [2.45, 2.75) is 25.6 Å². The molecular weight excluding hydrogens is 515 g/mol. The van der Waals surface area contributed by atoms with Gasteiger partial charge in [0.25, 0.3) is 0 Å². The molecule has 0 saturated heterocycles. The van der Waals surface area contributed by atoms with Crippen molar-refractivity contribution in [3.63, 3.8) is 0 Å². The summed E-state index contributed by atoms with van der Waals surface area (Å²) < 4.78 is 69.4. The summed E-state index contributed by atoms with van der Waals surface area (Å²) in [5.74, 6) is -2.16. The first-order chi connectivity index (χ1) is 18.5. The van der Waals surface area contributed by atoms with E-state index < -0.39 is 36.0 Å². The highest BCUT2D eigenvalue weighted by atomic mass is 19.4. The predicted octanol–water partition coefficient (Wildman–Crippen LogP) is 8.07. The molecule has 39 heavy (non-hydrogen) atoms. The molecule has 0 bridgehead atoms. The Balaban J connectivity index is 1.71. The molecule has 0 amide bonds. The lowest BCUT2D eigenvalue weighted by molar-refractivity contribution is -0.138. The Morgan fingerprint density at radius 3 is 2.13 bits per heavy atom. The van der Waals surface area contributed by atoms with E-state index in [0.29, 0.717) is 11.1 Å². The zero-order chi connectivity index (χ0) is 27.9. The van der Waals surface area contributed by atoms with Gasteiger partial charge in [0, 0.05) is 16.8 Å². The second kappa shape index (κ2) is 9.98. The number of nitrogens with zero attached hydrogens (tertiary/aromatic N) is 2. The van der Waals surface area contributed by atoms with Crippen molar-refractivity contribution in [3.05, 3.63) is 119 Å². The third kappa shape index (κ3) is 5.25. The third-order valence-corrected chi connectivity index (χ3v) is 6.49. The van der Waals surface area contributed by atoms with Gasteiger partial charge in [-0.3, -0.25) is 4.79 Å². The summed E-state index contributed by atoms with van der Waals surface area (Å²) >= 11 is 0. The van der Waals surface area contributed by atoms with E-state index in [1.165, 1.54) is 35.2 Å². The van der Waals surface area contributed by atoms with Crippen LogP contribution in [0.5, 0.6) is 0 Å². The van der Waals surface area contributed by atoms with Gasteiger partial charge in [-0.05, 0) is 60.0 Å². The number of hydrogen-bond donors (Lipinski definition) is 1. The summed E-state index contributed by atoms with van der Waals surface area (Å²) in [6.07, 6.45) is -5.15. The third-order valence-electron chi connectivity index (χ3n) is 6.49. The molecule has 1 unspecified atom stereocenters. The van der Waals surface area contributed by atoms with Crippen molar-refractivity contribution in [1.82, 2.24) is 0 Å². The van der Waals surface area contributed by atoms with Crippen molar-refractivity contribution >= 4 is 23.2 Å². The first-order valence-corrected chi connectivity index (χ1v) is 11.9.